The van der Waals surface area contributed by atoms with Crippen LogP contribution in [0, 0.1) is 5.82 Å². The summed E-state index contributed by atoms with van der Waals surface area (Å²) in [6, 6.07) is 11.4. The molecule has 0 amide bonds. The van der Waals surface area contributed by atoms with Gasteiger partial charge >= 0.3 is 0 Å². The molecule has 0 aliphatic carbocycles. The third-order valence-corrected chi connectivity index (χ3v) is 6.24. The van der Waals surface area contributed by atoms with Gasteiger partial charge in [0.2, 0.25) is 0 Å². The predicted molar refractivity (Wildman–Crippen MR) is 121 cm³/mol. The molecule has 0 spiro atoms. The van der Waals surface area contributed by atoms with Gasteiger partial charge in [-0.05, 0) is 42.5 Å². The number of anilines is 1. The zero-order valence-corrected chi connectivity index (χ0v) is 18.8. The molecule has 0 radical (unpaired) electrons. The zero-order valence-electron chi connectivity index (χ0n) is 17.3. The minimum absolute atomic E-state index is 0.186. The number of ether oxygens (including phenoxy) is 1. The minimum atomic E-state index is -0.355. The molecule has 0 atom stereocenters. The van der Waals surface area contributed by atoms with E-state index in [0.717, 1.165) is 43.3 Å². The molecule has 6 nitrogen and oxygen atoms in total. The molecular weight excluding hydrogens is 442 g/mol. The van der Waals surface area contributed by atoms with Gasteiger partial charge in [-0.15, -0.1) is 0 Å². The molecule has 2 heterocycles. The molecule has 164 valence electrons. The highest BCUT2D eigenvalue weighted by atomic mass is 35.5. The van der Waals surface area contributed by atoms with Crippen molar-refractivity contribution < 1.29 is 9.13 Å². The number of aromatic nitrogens is 2. The number of methoxy groups -OCH3 is 1. The van der Waals surface area contributed by atoms with E-state index >= 15 is 0 Å². The molecule has 3 aromatic rings. The average molecular weight is 465 g/mol. The molecule has 1 aliphatic heterocycles. The summed E-state index contributed by atoms with van der Waals surface area (Å²) < 4.78 is 22.0. The monoisotopic (exact) mass is 464 g/mol. The Hall–Kier alpha value is -2.48. The first-order chi connectivity index (χ1) is 14.9. The van der Waals surface area contributed by atoms with Crippen molar-refractivity contribution in [3.63, 3.8) is 0 Å². The van der Waals surface area contributed by atoms with Crippen molar-refractivity contribution in [3.8, 4) is 11.4 Å². The number of benzene rings is 2. The third kappa shape index (κ3) is 4.31. The maximum absolute atomic E-state index is 13.3. The standard InChI is InChI=1S/C22H23Cl2FN4O2/c1-26-19(21(24)22(30)29(26)17-6-4-16(25)5-7-17)14-27-9-11-28(12-10-27)18-13-15(23)3-8-20(18)31-2/h3-8,13H,9-12,14H2,1-2H3. The van der Waals surface area contributed by atoms with E-state index in [0.29, 0.717) is 17.3 Å². The van der Waals surface area contributed by atoms with Crippen LogP contribution < -0.4 is 15.2 Å². The Morgan fingerprint density at radius 2 is 1.71 bits per heavy atom. The lowest BCUT2D eigenvalue weighted by molar-refractivity contribution is 0.242. The van der Waals surface area contributed by atoms with Crippen LogP contribution in [0.3, 0.4) is 0 Å². The number of hydrogen-bond acceptors (Lipinski definition) is 4. The quantitative estimate of drug-likeness (QED) is 0.573. The first-order valence-electron chi connectivity index (χ1n) is 9.92. The molecule has 0 saturated carbocycles. The fourth-order valence-corrected chi connectivity index (χ4v) is 4.36. The third-order valence-electron chi connectivity index (χ3n) is 5.62. The number of rotatable bonds is 5. The molecule has 1 saturated heterocycles. The smallest absolute Gasteiger partial charge is 0.290 e. The van der Waals surface area contributed by atoms with Crippen molar-refractivity contribution in [3.05, 3.63) is 74.4 Å². The number of nitrogens with zero attached hydrogens (tertiary/aromatic N) is 4. The lowest BCUT2D eigenvalue weighted by atomic mass is 10.2. The predicted octanol–water partition coefficient (Wildman–Crippen LogP) is 3.95. The molecule has 1 fully saturated rings. The van der Waals surface area contributed by atoms with Crippen LogP contribution in [0.4, 0.5) is 10.1 Å². The van der Waals surface area contributed by atoms with Gasteiger partial charge in [0.15, 0.2) is 0 Å². The van der Waals surface area contributed by atoms with Crippen LogP contribution in [0.1, 0.15) is 5.69 Å². The molecule has 1 aromatic heterocycles. The van der Waals surface area contributed by atoms with Crippen molar-refractivity contribution in [1.82, 2.24) is 14.3 Å². The van der Waals surface area contributed by atoms with E-state index in [-0.39, 0.29) is 16.4 Å². The Balaban J connectivity index is 1.51. The molecule has 0 bridgehead atoms. The lowest BCUT2D eigenvalue weighted by Crippen LogP contribution is -2.46. The summed E-state index contributed by atoms with van der Waals surface area (Å²) >= 11 is 12.6. The average Bonchev–Trinajstić information content (AvgIpc) is 2.98. The SMILES string of the molecule is COc1ccc(Cl)cc1N1CCN(Cc2c(Cl)c(=O)n(-c3ccc(F)cc3)n2C)CC1. The Labute approximate surface area is 189 Å². The second-order valence-corrected chi connectivity index (χ2v) is 8.27. The summed E-state index contributed by atoms with van der Waals surface area (Å²) in [7, 11) is 3.44. The molecular formula is C22H23Cl2FN4O2. The molecule has 31 heavy (non-hydrogen) atoms. The first kappa shape index (κ1) is 21.7. The Kier molecular flexibility index (Phi) is 6.27. The zero-order chi connectivity index (χ0) is 22.1. The van der Waals surface area contributed by atoms with Gasteiger partial charge in [0.25, 0.3) is 5.56 Å². The van der Waals surface area contributed by atoms with E-state index in [2.05, 4.69) is 9.80 Å². The minimum Gasteiger partial charge on any atom is -0.495 e. The highest BCUT2D eigenvalue weighted by molar-refractivity contribution is 6.31. The molecule has 1 aliphatic rings. The fraction of sp³-hybridized carbons (Fsp3) is 0.318. The van der Waals surface area contributed by atoms with Crippen LogP contribution in [0.2, 0.25) is 10.0 Å². The number of halogens is 3. The topological polar surface area (TPSA) is 42.6 Å². The van der Waals surface area contributed by atoms with Gasteiger partial charge in [-0.2, -0.15) is 0 Å². The summed E-state index contributed by atoms with van der Waals surface area (Å²) in [5, 5.41) is 0.855. The van der Waals surface area contributed by atoms with Gasteiger partial charge in [0.05, 0.1) is 24.2 Å². The number of piperazine rings is 1. The second kappa shape index (κ2) is 8.94. The highest BCUT2D eigenvalue weighted by Gasteiger charge is 2.24. The van der Waals surface area contributed by atoms with Crippen molar-refractivity contribution in [1.29, 1.82) is 0 Å². The van der Waals surface area contributed by atoms with Crippen LogP contribution in [-0.2, 0) is 13.6 Å². The molecule has 2 aromatic carbocycles. The van der Waals surface area contributed by atoms with Gasteiger partial charge in [0, 0.05) is 44.8 Å². The van der Waals surface area contributed by atoms with Crippen LogP contribution in [0.15, 0.2) is 47.3 Å². The number of hydrogen-bond donors (Lipinski definition) is 0. The van der Waals surface area contributed by atoms with Gasteiger partial charge in [0.1, 0.15) is 16.6 Å². The Morgan fingerprint density at radius 3 is 2.35 bits per heavy atom. The Morgan fingerprint density at radius 1 is 1.03 bits per heavy atom. The summed E-state index contributed by atoms with van der Waals surface area (Å²) in [5.41, 5.74) is 1.96. The van der Waals surface area contributed by atoms with Crippen molar-refractivity contribution in [2.24, 2.45) is 7.05 Å². The Bertz CT molecular complexity index is 1140. The van der Waals surface area contributed by atoms with Crippen LogP contribution in [-0.4, -0.2) is 47.6 Å². The molecule has 9 heteroatoms. The van der Waals surface area contributed by atoms with E-state index in [1.807, 2.05) is 18.2 Å². The maximum atomic E-state index is 13.3. The largest absolute Gasteiger partial charge is 0.495 e. The van der Waals surface area contributed by atoms with Gasteiger partial charge in [-0.25, -0.2) is 9.07 Å². The van der Waals surface area contributed by atoms with Crippen LogP contribution in [0.5, 0.6) is 5.75 Å². The van der Waals surface area contributed by atoms with Crippen molar-refractivity contribution in [2.45, 2.75) is 6.54 Å². The van der Waals surface area contributed by atoms with E-state index in [1.165, 1.54) is 16.8 Å². The maximum Gasteiger partial charge on any atom is 0.290 e. The highest BCUT2D eigenvalue weighted by Crippen LogP contribution is 2.32. The van der Waals surface area contributed by atoms with E-state index in [1.54, 1.807) is 31.0 Å². The van der Waals surface area contributed by atoms with E-state index in [9.17, 15) is 9.18 Å². The second-order valence-electron chi connectivity index (χ2n) is 7.46. The summed E-state index contributed by atoms with van der Waals surface area (Å²) in [6.07, 6.45) is 0. The fourth-order valence-electron chi connectivity index (χ4n) is 3.93. The van der Waals surface area contributed by atoms with Gasteiger partial charge in [-0.1, -0.05) is 23.2 Å². The lowest BCUT2D eigenvalue weighted by Gasteiger charge is -2.36. The normalized spacial score (nSPS) is 14.8. The van der Waals surface area contributed by atoms with Crippen molar-refractivity contribution in [2.75, 3.05) is 38.2 Å². The first-order valence-corrected chi connectivity index (χ1v) is 10.7. The van der Waals surface area contributed by atoms with Crippen LogP contribution in [0.25, 0.3) is 5.69 Å². The molecule has 0 unspecified atom stereocenters. The van der Waals surface area contributed by atoms with Crippen molar-refractivity contribution >= 4 is 28.9 Å². The van der Waals surface area contributed by atoms with Gasteiger partial charge in [-0.3, -0.25) is 14.4 Å². The molecule has 4 rings (SSSR count). The van der Waals surface area contributed by atoms with Crippen LogP contribution >= 0.6 is 23.2 Å². The van der Waals surface area contributed by atoms with Gasteiger partial charge < -0.3 is 9.64 Å². The summed E-state index contributed by atoms with van der Waals surface area (Å²) in [6.45, 7) is 3.71. The van der Waals surface area contributed by atoms with E-state index in [4.69, 9.17) is 27.9 Å². The van der Waals surface area contributed by atoms with E-state index < -0.39 is 0 Å². The summed E-state index contributed by atoms with van der Waals surface area (Å²) in [4.78, 5) is 17.2. The molecule has 0 N–H and O–H groups in total. The summed E-state index contributed by atoms with van der Waals surface area (Å²) in [5.74, 6) is 0.436.